The summed E-state index contributed by atoms with van der Waals surface area (Å²) in [7, 11) is 2.91. The summed E-state index contributed by atoms with van der Waals surface area (Å²) in [5.74, 6) is 0.229. The highest BCUT2D eigenvalue weighted by Gasteiger charge is 2.21. The zero-order valence-corrected chi connectivity index (χ0v) is 9.47. The zero-order chi connectivity index (χ0) is 12.6. The van der Waals surface area contributed by atoms with E-state index in [-0.39, 0.29) is 30.0 Å². The average molecular weight is 238 g/mol. The van der Waals surface area contributed by atoms with E-state index >= 15 is 0 Å². The number of hydrogen-bond donors (Lipinski definition) is 2. The van der Waals surface area contributed by atoms with Crippen molar-refractivity contribution in [1.29, 1.82) is 0 Å². The van der Waals surface area contributed by atoms with Gasteiger partial charge < -0.3 is 5.11 Å². The summed E-state index contributed by atoms with van der Waals surface area (Å²) in [5, 5.41) is 8.80. The Balaban J connectivity index is 2.80. The van der Waals surface area contributed by atoms with E-state index in [9.17, 15) is 9.59 Å². The van der Waals surface area contributed by atoms with Gasteiger partial charge in [0.1, 0.15) is 0 Å². The first-order chi connectivity index (χ1) is 8.06. The maximum atomic E-state index is 11.8. The van der Waals surface area contributed by atoms with E-state index in [1.54, 1.807) is 0 Å². The lowest BCUT2D eigenvalue weighted by molar-refractivity contribution is -0.462. The van der Waals surface area contributed by atoms with Crippen LogP contribution < -0.4 is 27.1 Å². The lowest BCUT2D eigenvalue weighted by Gasteiger charge is -1.96. The molecule has 8 heteroatoms. The van der Waals surface area contributed by atoms with Crippen molar-refractivity contribution in [1.82, 2.24) is 9.13 Å². The lowest BCUT2D eigenvalue weighted by atomic mass is 10.5. The van der Waals surface area contributed by atoms with Gasteiger partial charge in [-0.25, -0.2) is 4.79 Å². The number of aliphatic hydroxyl groups excluding tert-OH is 1. The first kappa shape index (κ1) is 11.4. The topological polar surface area (TPSA) is 103 Å². The van der Waals surface area contributed by atoms with Crippen molar-refractivity contribution in [2.24, 2.45) is 24.1 Å². The number of aliphatic hydroxyl groups is 1. The first-order valence-corrected chi connectivity index (χ1v) is 5.01. The second kappa shape index (κ2) is 4.06. The highest BCUT2D eigenvalue weighted by molar-refractivity contribution is 5.77. The smallest absolute Gasteiger partial charge is 0.393 e. The van der Waals surface area contributed by atoms with Gasteiger partial charge in [-0.3, -0.25) is 18.9 Å². The molecular weight excluding hydrogens is 226 g/mol. The van der Waals surface area contributed by atoms with Crippen LogP contribution in [0, 0.1) is 0 Å². The predicted molar refractivity (Wildman–Crippen MR) is 57.2 cm³/mol. The van der Waals surface area contributed by atoms with Crippen LogP contribution in [-0.2, 0) is 14.1 Å². The van der Waals surface area contributed by atoms with Crippen molar-refractivity contribution in [2.75, 3.05) is 13.2 Å². The minimum Gasteiger partial charge on any atom is -0.393 e. The van der Waals surface area contributed by atoms with Crippen molar-refractivity contribution in [3.8, 4) is 0 Å². The van der Waals surface area contributed by atoms with Crippen LogP contribution in [0.1, 0.15) is 0 Å². The highest BCUT2D eigenvalue weighted by atomic mass is 16.3. The van der Waals surface area contributed by atoms with Gasteiger partial charge in [-0.15, -0.1) is 0 Å². The van der Waals surface area contributed by atoms with Crippen molar-refractivity contribution in [3.05, 3.63) is 31.7 Å². The number of guanidine groups is 1. The molecule has 17 heavy (non-hydrogen) atoms. The number of nitrogens with one attached hydrogen (secondary N) is 1. The minimum absolute atomic E-state index is 0.0676. The van der Waals surface area contributed by atoms with Crippen LogP contribution in [-0.4, -0.2) is 33.4 Å². The molecule has 8 nitrogen and oxygen atoms in total. The number of hydrogen-bond acceptors (Lipinski definition) is 3. The predicted octanol–water partition coefficient (Wildman–Crippen LogP) is -5.23. The van der Waals surface area contributed by atoms with Gasteiger partial charge >= 0.3 is 17.2 Å². The molecule has 0 bridgehead atoms. The molecule has 1 aromatic rings. The molecule has 90 valence electrons. The monoisotopic (exact) mass is 238 g/mol. The molecule has 0 radical (unpaired) electrons. The van der Waals surface area contributed by atoms with E-state index < -0.39 is 11.2 Å². The summed E-state index contributed by atoms with van der Waals surface area (Å²) >= 11 is 0. The van der Waals surface area contributed by atoms with Gasteiger partial charge in [0, 0.05) is 14.1 Å². The van der Waals surface area contributed by atoms with Gasteiger partial charge in [0.2, 0.25) is 0 Å². The summed E-state index contributed by atoms with van der Waals surface area (Å²) in [5.41, 5.74) is -0.692. The van der Waals surface area contributed by atoms with Gasteiger partial charge in [-0.1, -0.05) is 4.99 Å². The van der Waals surface area contributed by atoms with Gasteiger partial charge in [-0.05, 0) is 4.99 Å². The Morgan fingerprint density at radius 2 is 1.94 bits per heavy atom. The van der Waals surface area contributed by atoms with E-state index in [1.165, 1.54) is 18.7 Å². The van der Waals surface area contributed by atoms with E-state index in [0.29, 0.717) is 0 Å². The summed E-state index contributed by atoms with van der Waals surface area (Å²) in [4.78, 5) is 34.1. The van der Waals surface area contributed by atoms with E-state index in [1.807, 2.05) is 0 Å². The van der Waals surface area contributed by atoms with Crippen LogP contribution in [0.3, 0.4) is 0 Å². The standard InChI is InChI=1S/C9H11N5O3/c1-13-6-5(7(16)14(2)9(13)17)11-8(12-6)10-3-4-15/h15H,3-4H2,1-2H3/p+1. The van der Waals surface area contributed by atoms with Crippen LogP contribution in [0.5, 0.6) is 0 Å². The van der Waals surface area contributed by atoms with Gasteiger partial charge in [-0.2, -0.15) is 0 Å². The van der Waals surface area contributed by atoms with E-state index in [4.69, 9.17) is 5.11 Å². The molecule has 0 amide bonds. The average Bonchev–Trinajstić information content (AvgIpc) is 2.75. The number of nitrogens with zero attached hydrogens (tertiary/aromatic N) is 4. The molecule has 1 aromatic heterocycles. The van der Waals surface area contributed by atoms with Crippen LogP contribution in [0.25, 0.3) is 0 Å². The highest BCUT2D eigenvalue weighted by Crippen LogP contribution is 1.73. The molecular formula is C9H12N5O3+. The van der Waals surface area contributed by atoms with Gasteiger partial charge in [0.25, 0.3) is 10.8 Å². The molecule has 0 unspecified atom stereocenters. The van der Waals surface area contributed by atoms with Gasteiger partial charge in [0.05, 0.1) is 13.2 Å². The second-order valence-corrected chi connectivity index (χ2v) is 3.58. The zero-order valence-electron chi connectivity index (χ0n) is 9.47. The molecule has 2 rings (SSSR count). The van der Waals surface area contributed by atoms with Crippen molar-refractivity contribution >= 4 is 5.96 Å². The fraction of sp³-hybridized carbons (Fsp3) is 0.444. The molecule has 0 spiro atoms. The lowest BCUT2D eigenvalue weighted by Crippen LogP contribution is -2.73. The third-order valence-electron chi connectivity index (χ3n) is 2.44. The third-order valence-corrected chi connectivity index (χ3v) is 2.44. The fourth-order valence-electron chi connectivity index (χ4n) is 1.52. The van der Waals surface area contributed by atoms with Crippen LogP contribution in [0.2, 0.25) is 0 Å². The Morgan fingerprint density at radius 3 is 2.59 bits per heavy atom. The Hall–Kier alpha value is -2.09. The summed E-state index contributed by atoms with van der Waals surface area (Å²) in [6.07, 6.45) is 0. The van der Waals surface area contributed by atoms with Crippen LogP contribution >= 0.6 is 0 Å². The van der Waals surface area contributed by atoms with Crippen LogP contribution in [0.4, 0.5) is 0 Å². The maximum Gasteiger partial charge on any atom is 0.429 e. The number of rotatable bonds is 2. The molecule has 2 N–H and O–H groups in total. The van der Waals surface area contributed by atoms with E-state index in [2.05, 4.69) is 15.0 Å². The third kappa shape index (κ3) is 1.72. The van der Waals surface area contributed by atoms with Crippen molar-refractivity contribution < 1.29 is 10.1 Å². The Bertz CT molecular complexity index is 725. The number of aromatic nitrogens is 2. The Kier molecular flexibility index (Phi) is 2.72. The molecule has 0 aromatic carbocycles. The first-order valence-electron chi connectivity index (χ1n) is 5.01. The summed E-state index contributed by atoms with van der Waals surface area (Å²) in [6, 6.07) is 0. The molecule has 0 atom stereocenters. The fourth-order valence-corrected chi connectivity index (χ4v) is 1.52. The van der Waals surface area contributed by atoms with Crippen molar-refractivity contribution in [2.45, 2.75) is 0 Å². The molecule has 0 saturated carbocycles. The second-order valence-electron chi connectivity index (χ2n) is 3.58. The largest absolute Gasteiger partial charge is 0.429 e. The Morgan fingerprint density at radius 1 is 1.24 bits per heavy atom. The van der Waals surface area contributed by atoms with Crippen LogP contribution in [0.15, 0.2) is 19.6 Å². The quantitative estimate of drug-likeness (QED) is 0.538. The summed E-state index contributed by atoms with van der Waals surface area (Å²) < 4.78 is 2.24. The molecule has 0 saturated heterocycles. The normalized spacial score (nSPS) is 15.6. The summed E-state index contributed by atoms with van der Waals surface area (Å²) in [6.45, 7) is 0.215. The van der Waals surface area contributed by atoms with E-state index in [0.717, 1.165) is 4.57 Å². The molecule has 1 aliphatic rings. The Labute approximate surface area is 94.9 Å². The SMILES string of the molecule is Cn1c(=O)c2c(n(C)c1=O)=NC(=[NH+]CCO)N=2. The minimum atomic E-state index is -0.479. The maximum absolute atomic E-state index is 11.8. The van der Waals surface area contributed by atoms with Gasteiger partial charge in [0.15, 0.2) is 0 Å². The number of fused-ring (bicyclic) bond motifs is 1. The molecule has 0 aliphatic carbocycles. The molecule has 1 aliphatic heterocycles. The van der Waals surface area contributed by atoms with Crippen molar-refractivity contribution in [3.63, 3.8) is 0 Å². The molecule has 2 heterocycles. The molecule has 0 fully saturated rings.